The van der Waals surface area contributed by atoms with Crippen molar-refractivity contribution in [1.29, 1.82) is 0 Å². The summed E-state index contributed by atoms with van der Waals surface area (Å²) in [5, 5.41) is 4.73. The van der Waals surface area contributed by atoms with E-state index >= 15 is 0 Å². The van der Waals surface area contributed by atoms with Crippen LogP contribution in [0.5, 0.6) is 0 Å². The average molecular weight is 228 g/mol. The van der Waals surface area contributed by atoms with Crippen LogP contribution < -0.4 is 5.32 Å². The molecule has 0 amide bonds. The van der Waals surface area contributed by atoms with Crippen molar-refractivity contribution in [1.82, 2.24) is 10.3 Å². The van der Waals surface area contributed by atoms with Gasteiger partial charge in [-0.15, -0.1) is 0 Å². The molecule has 0 saturated carbocycles. The minimum absolute atomic E-state index is 0.364. The first-order chi connectivity index (χ1) is 8.26. The molecule has 0 fully saturated rings. The van der Waals surface area contributed by atoms with Crippen LogP contribution in [0.2, 0.25) is 0 Å². The lowest BCUT2D eigenvalue weighted by atomic mass is 10.0. The summed E-state index contributed by atoms with van der Waals surface area (Å²) in [6.45, 7) is 7.47. The van der Waals surface area contributed by atoms with Crippen molar-refractivity contribution in [3.63, 3.8) is 0 Å². The quantitative estimate of drug-likeness (QED) is 0.864. The monoisotopic (exact) mass is 228 g/mol. The maximum absolute atomic E-state index is 4.76. The van der Waals surface area contributed by atoms with Crippen LogP contribution in [0.3, 0.4) is 0 Å². The second kappa shape index (κ2) is 5.28. The summed E-state index contributed by atoms with van der Waals surface area (Å²) < 4.78 is 0. The first-order valence-electron chi connectivity index (χ1n) is 6.36. The summed E-state index contributed by atoms with van der Waals surface area (Å²) in [7, 11) is 0. The zero-order valence-electron chi connectivity index (χ0n) is 10.8. The molecular formula is C15H20N2. The van der Waals surface area contributed by atoms with Crippen molar-refractivity contribution in [3.8, 4) is 0 Å². The van der Waals surface area contributed by atoms with Gasteiger partial charge < -0.3 is 5.32 Å². The van der Waals surface area contributed by atoms with Crippen molar-refractivity contribution in [2.75, 3.05) is 6.54 Å². The molecule has 1 heterocycles. The van der Waals surface area contributed by atoms with Gasteiger partial charge in [-0.05, 0) is 37.6 Å². The highest BCUT2D eigenvalue weighted by molar-refractivity contribution is 5.82. The van der Waals surface area contributed by atoms with E-state index in [1.807, 2.05) is 6.07 Å². The van der Waals surface area contributed by atoms with E-state index in [-0.39, 0.29) is 0 Å². The fourth-order valence-corrected chi connectivity index (χ4v) is 2.26. The second-order valence-corrected chi connectivity index (χ2v) is 4.40. The number of hydrogen-bond donors (Lipinski definition) is 1. The Morgan fingerprint density at radius 3 is 2.71 bits per heavy atom. The number of nitrogens with zero attached hydrogens (tertiary/aromatic N) is 1. The molecule has 17 heavy (non-hydrogen) atoms. The Labute approximate surface area is 103 Å². The van der Waals surface area contributed by atoms with E-state index in [2.05, 4.69) is 50.4 Å². The van der Waals surface area contributed by atoms with Crippen LogP contribution >= 0.6 is 0 Å². The van der Waals surface area contributed by atoms with E-state index in [0.717, 1.165) is 24.2 Å². The number of aromatic nitrogens is 1. The smallest absolute Gasteiger partial charge is 0.0708 e. The van der Waals surface area contributed by atoms with Crippen molar-refractivity contribution < 1.29 is 0 Å². The molecule has 0 aliphatic rings. The van der Waals surface area contributed by atoms with Gasteiger partial charge >= 0.3 is 0 Å². The number of benzene rings is 1. The normalized spacial score (nSPS) is 12.9. The Morgan fingerprint density at radius 2 is 2.00 bits per heavy atom. The third-order valence-corrected chi connectivity index (χ3v) is 3.16. The molecule has 0 aliphatic heterocycles. The van der Waals surface area contributed by atoms with Gasteiger partial charge in [0.15, 0.2) is 0 Å². The van der Waals surface area contributed by atoms with Crippen LogP contribution in [0, 0.1) is 6.92 Å². The molecule has 0 spiro atoms. The standard InChI is InChI=1S/C15H20N2/c1-4-13(16-5-2)15-10-11(3)12-8-6-7-9-14(12)17-15/h6-10,13,16H,4-5H2,1-3H3. The highest BCUT2D eigenvalue weighted by atomic mass is 14.9. The molecule has 1 unspecified atom stereocenters. The predicted octanol–water partition coefficient (Wildman–Crippen LogP) is 3.60. The molecule has 2 nitrogen and oxygen atoms in total. The minimum Gasteiger partial charge on any atom is -0.309 e. The maximum atomic E-state index is 4.76. The van der Waals surface area contributed by atoms with Crippen LogP contribution in [-0.2, 0) is 0 Å². The van der Waals surface area contributed by atoms with E-state index in [9.17, 15) is 0 Å². The molecule has 0 radical (unpaired) electrons. The van der Waals surface area contributed by atoms with E-state index in [4.69, 9.17) is 4.98 Å². The Kier molecular flexibility index (Phi) is 3.75. The highest BCUT2D eigenvalue weighted by Gasteiger charge is 2.11. The van der Waals surface area contributed by atoms with Crippen molar-refractivity contribution in [2.45, 2.75) is 33.2 Å². The number of fused-ring (bicyclic) bond motifs is 1. The van der Waals surface area contributed by atoms with Crippen LogP contribution in [-0.4, -0.2) is 11.5 Å². The molecule has 2 heteroatoms. The first kappa shape index (κ1) is 12.1. The van der Waals surface area contributed by atoms with Crippen LogP contribution in [0.4, 0.5) is 0 Å². The predicted molar refractivity (Wildman–Crippen MR) is 73.2 cm³/mol. The Balaban J connectivity index is 2.48. The van der Waals surface area contributed by atoms with Crippen molar-refractivity contribution in [3.05, 3.63) is 41.6 Å². The van der Waals surface area contributed by atoms with E-state index in [1.54, 1.807) is 0 Å². The fourth-order valence-electron chi connectivity index (χ4n) is 2.26. The molecule has 1 atom stereocenters. The lowest BCUT2D eigenvalue weighted by molar-refractivity contribution is 0.526. The van der Waals surface area contributed by atoms with Gasteiger partial charge in [0.25, 0.3) is 0 Å². The number of pyridine rings is 1. The summed E-state index contributed by atoms with van der Waals surface area (Å²) in [4.78, 5) is 4.76. The topological polar surface area (TPSA) is 24.9 Å². The lowest BCUT2D eigenvalue weighted by Gasteiger charge is -2.16. The summed E-state index contributed by atoms with van der Waals surface area (Å²) >= 11 is 0. The summed E-state index contributed by atoms with van der Waals surface area (Å²) in [5.74, 6) is 0. The largest absolute Gasteiger partial charge is 0.309 e. The van der Waals surface area contributed by atoms with Crippen LogP contribution in [0.1, 0.15) is 37.6 Å². The molecule has 0 bridgehead atoms. The Hall–Kier alpha value is -1.41. The average Bonchev–Trinajstić information content (AvgIpc) is 2.36. The van der Waals surface area contributed by atoms with Gasteiger partial charge in [-0.2, -0.15) is 0 Å². The molecule has 1 aromatic carbocycles. The molecule has 2 aromatic rings. The minimum atomic E-state index is 0.364. The zero-order valence-corrected chi connectivity index (χ0v) is 10.8. The van der Waals surface area contributed by atoms with E-state index in [0.29, 0.717) is 6.04 Å². The van der Waals surface area contributed by atoms with E-state index in [1.165, 1.54) is 10.9 Å². The molecule has 1 aromatic heterocycles. The number of para-hydroxylation sites is 1. The zero-order chi connectivity index (χ0) is 12.3. The third-order valence-electron chi connectivity index (χ3n) is 3.16. The number of rotatable bonds is 4. The third kappa shape index (κ3) is 2.47. The number of nitrogens with one attached hydrogen (secondary N) is 1. The molecule has 2 rings (SSSR count). The van der Waals surface area contributed by atoms with E-state index < -0.39 is 0 Å². The van der Waals surface area contributed by atoms with Gasteiger partial charge in [0.1, 0.15) is 0 Å². The lowest BCUT2D eigenvalue weighted by Crippen LogP contribution is -2.21. The number of aryl methyl sites for hydroxylation is 1. The summed E-state index contributed by atoms with van der Waals surface area (Å²) in [6.07, 6.45) is 1.07. The molecule has 1 N–H and O–H groups in total. The SMILES string of the molecule is CCNC(CC)c1cc(C)c2ccccc2n1. The van der Waals surface area contributed by atoms with Gasteiger partial charge in [0.05, 0.1) is 11.2 Å². The molecule has 0 aliphatic carbocycles. The van der Waals surface area contributed by atoms with Crippen LogP contribution in [0.15, 0.2) is 30.3 Å². The molecular weight excluding hydrogens is 208 g/mol. The Morgan fingerprint density at radius 1 is 1.24 bits per heavy atom. The second-order valence-electron chi connectivity index (χ2n) is 4.40. The van der Waals surface area contributed by atoms with Gasteiger partial charge in [0.2, 0.25) is 0 Å². The maximum Gasteiger partial charge on any atom is 0.0708 e. The van der Waals surface area contributed by atoms with Gasteiger partial charge in [-0.3, -0.25) is 4.98 Å². The summed E-state index contributed by atoms with van der Waals surface area (Å²) in [6, 6.07) is 10.9. The van der Waals surface area contributed by atoms with Crippen molar-refractivity contribution >= 4 is 10.9 Å². The highest BCUT2D eigenvalue weighted by Crippen LogP contribution is 2.22. The van der Waals surface area contributed by atoms with Gasteiger partial charge in [-0.25, -0.2) is 0 Å². The van der Waals surface area contributed by atoms with Crippen LogP contribution in [0.25, 0.3) is 10.9 Å². The Bertz CT molecular complexity index is 505. The fraction of sp³-hybridized carbons (Fsp3) is 0.400. The molecule has 90 valence electrons. The van der Waals surface area contributed by atoms with Gasteiger partial charge in [0, 0.05) is 11.4 Å². The number of hydrogen-bond acceptors (Lipinski definition) is 2. The van der Waals surface area contributed by atoms with Gasteiger partial charge in [-0.1, -0.05) is 32.0 Å². The molecule has 0 saturated heterocycles. The summed E-state index contributed by atoms with van der Waals surface area (Å²) in [5.41, 5.74) is 3.56. The van der Waals surface area contributed by atoms with Crippen molar-refractivity contribution in [2.24, 2.45) is 0 Å². The first-order valence-corrected chi connectivity index (χ1v) is 6.36.